The van der Waals surface area contributed by atoms with Crippen LogP contribution in [-0.2, 0) is 0 Å². The molecule has 0 aliphatic heterocycles. The SMILES string of the molecule is CCOc1ccc(OCC)c(NC(C)N(C)C)c1. The molecular formula is C14H24N2O2. The first-order valence-corrected chi connectivity index (χ1v) is 6.41. The van der Waals surface area contributed by atoms with E-state index in [-0.39, 0.29) is 6.17 Å². The normalized spacial score (nSPS) is 12.3. The summed E-state index contributed by atoms with van der Waals surface area (Å²) in [5, 5.41) is 3.41. The molecule has 0 radical (unpaired) electrons. The molecule has 1 aromatic carbocycles. The van der Waals surface area contributed by atoms with Crippen molar-refractivity contribution in [1.82, 2.24) is 4.90 Å². The number of nitrogens with zero attached hydrogens (tertiary/aromatic N) is 1. The molecule has 0 amide bonds. The van der Waals surface area contributed by atoms with Crippen molar-refractivity contribution >= 4 is 5.69 Å². The summed E-state index contributed by atoms with van der Waals surface area (Å²) in [7, 11) is 4.06. The third-order valence-corrected chi connectivity index (χ3v) is 2.70. The highest BCUT2D eigenvalue weighted by atomic mass is 16.5. The van der Waals surface area contributed by atoms with Crippen molar-refractivity contribution in [2.45, 2.75) is 26.9 Å². The molecule has 0 heterocycles. The second kappa shape index (κ2) is 7.11. The number of hydrogen-bond acceptors (Lipinski definition) is 4. The molecule has 4 nitrogen and oxygen atoms in total. The topological polar surface area (TPSA) is 33.7 Å². The largest absolute Gasteiger partial charge is 0.494 e. The van der Waals surface area contributed by atoms with Crippen molar-refractivity contribution in [3.8, 4) is 11.5 Å². The Hall–Kier alpha value is -1.42. The van der Waals surface area contributed by atoms with Gasteiger partial charge in [0.05, 0.1) is 25.1 Å². The summed E-state index contributed by atoms with van der Waals surface area (Å²) in [5.41, 5.74) is 0.962. The average molecular weight is 252 g/mol. The Bertz CT molecular complexity index is 367. The first-order chi connectivity index (χ1) is 8.58. The van der Waals surface area contributed by atoms with Crippen molar-refractivity contribution < 1.29 is 9.47 Å². The molecule has 0 aromatic heterocycles. The van der Waals surface area contributed by atoms with E-state index in [1.54, 1.807) is 0 Å². The van der Waals surface area contributed by atoms with Crippen LogP contribution in [0.2, 0.25) is 0 Å². The van der Waals surface area contributed by atoms with Crippen LogP contribution in [0.5, 0.6) is 11.5 Å². The lowest BCUT2D eigenvalue weighted by Gasteiger charge is -2.24. The van der Waals surface area contributed by atoms with Crippen LogP contribution >= 0.6 is 0 Å². The van der Waals surface area contributed by atoms with E-state index < -0.39 is 0 Å². The fraction of sp³-hybridized carbons (Fsp3) is 0.571. The summed E-state index contributed by atoms with van der Waals surface area (Å²) in [6.45, 7) is 7.38. The highest BCUT2D eigenvalue weighted by molar-refractivity contribution is 5.60. The monoisotopic (exact) mass is 252 g/mol. The molecule has 0 saturated carbocycles. The summed E-state index contributed by atoms with van der Waals surface area (Å²) >= 11 is 0. The van der Waals surface area contributed by atoms with Crippen molar-refractivity contribution in [3.05, 3.63) is 18.2 Å². The zero-order chi connectivity index (χ0) is 13.5. The summed E-state index contributed by atoms with van der Waals surface area (Å²) in [4.78, 5) is 2.10. The van der Waals surface area contributed by atoms with Gasteiger partial charge in [-0.3, -0.25) is 4.90 Å². The molecule has 1 unspecified atom stereocenters. The van der Waals surface area contributed by atoms with E-state index >= 15 is 0 Å². The van der Waals surface area contributed by atoms with Crippen molar-refractivity contribution in [1.29, 1.82) is 0 Å². The predicted molar refractivity (Wildman–Crippen MR) is 75.6 cm³/mol. The molecule has 1 rings (SSSR count). The molecule has 1 atom stereocenters. The van der Waals surface area contributed by atoms with E-state index in [9.17, 15) is 0 Å². The second-order valence-corrected chi connectivity index (χ2v) is 4.31. The van der Waals surface area contributed by atoms with Crippen molar-refractivity contribution in [3.63, 3.8) is 0 Å². The van der Waals surface area contributed by atoms with E-state index in [0.717, 1.165) is 17.2 Å². The molecule has 4 heteroatoms. The molecule has 1 aromatic rings. The summed E-state index contributed by atoms with van der Waals surface area (Å²) in [5.74, 6) is 1.71. The van der Waals surface area contributed by atoms with Crippen LogP contribution in [-0.4, -0.2) is 38.4 Å². The first-order valence-electron chi connectivity index (χ1n) is 6.41. The smallest absolute Gasteiger partial charge is 0.142 e. The zero-order valence-corrected chi connectivity index (χ0v) is 12.0. The van der Waals surface area contributed by atoms with Gasteiger partial charge in [-0.15, -0.1) is 0 Å². The van der Waals surface area contributed by atoms with Gasteiger partial charge in [-0.25, -0.2) is 0 Å². The van der Waals surface area contributed by atoms with Crippen LogP contribution in [0.15, 0.2) is 18.2 Å². The minimum absolute atomic E-state index is 0.223. The lowest BCUT2D eigenvalue weighted by molar-refractivity contribution is 0.324. The molecule has 102 valence electrons. The molecular weight excluding hydrogens is 228 g/mol. The maximum absolute atomic E-state index is 5.61. The zero-order valence-electron chi connectivity index (χ0n) is 12.0. The van der Waals surface area contributed by atoms with E-state index in [4.69, 9.17) is 9.47 Å². The fourth-order valence-corrected chi connectivity index (χ4v) is 1.51. The Kier molecular flexibility index (Phi) is 5.78. The quantitative estimate of drug-likeness (QED) is 0.757. The lowest BCUT2D eigenvalue weighted by atomic mass is 10.2. The van der Waals surface area contributed by atoms with Crippen LogP contribution in [0.1, 0.15) is 20.8 Å². The highest BCUT2D eigenvalue weighted by Gasteiger charge is 2.10. The van der Waals surface area contributed by atoms with Crippen LogP contribution in [0.3, 0.4) is 0 Å². The fourth-order valence-electron chi connectivity index (χ4n) is 1.51. The van der Waals surface area contributed by atoms with Crippen molar-refractivity contribution in [2.24, 2.45) is 0 Å². The summed E-state index contributed by atoms with van der Waals surface area (Å²) < 4.78 is 11.1. The third kappa shape index (κ3) is 4.11. The summed E-state index contributed by atoms with van der Waals surface area (Å²) in [6.07, 6.45) is 0.223. The third-order valence-electron chi connectivity index (χ3n) is 2.70. The number of benzene rings is 1. The maximum Gasteiger partial charge on any atom is 0.142 e. The number of rotatable bonds is 7. The first kappa shape index (κ1) is 14.6. The predicted octanol–water partition coefficient (Wildman–Crippen LogP) is 2.80. The van der Waals surface area contributed by atoms with Gasteiger partial charge in [-0.2, -0.15) is 0 Å². The minimum Gasteiger partial charge on any atom is -0.494 e. The van der Waals surface area contributed by atoms with Crippen LogP contribution in [0.25, 0.3) is 0 Å². The Morgan fingerprint density at radius 2 is 1.83 bits per heavy atom. The van der Waals surface area contributed by atoms with Gasteiger partial charge in [0.1, 0.15) is 11.5 Å². The number of ether oxygens (including phenoxy) is 2. The number of nitrogens with one attached hydrogen (secondary N) is 1. The van der Waals surface area contributed by atoms with E-state index in [1.165, 1.54) is 0 Å². The molecule has 0 saturated heterocycles. The van der Waals surface area contributed by atoms with Gasteiger partial charge in [0, 0.05) is 6.07 Å². The van der Waals surface area contributed by atoms with Gasteiger partial charge in [0.15, 0.2) is 0 Å². The molecule has 0 fully saturated rings. The van der Waals surface area contributed by atoms with Crippen LogP contribution in [0.4, 0.5) is 5.69 Å². The second-order valence-electron chi connectivity index (χ2n) is 4.31. The van der Waals surface area contributed by atoms with Crippen LogP contribution < -0.4 is 14.8 Å². The molecule has 0 aliphatic rings. The maximum atomic E-state index is 5.61. The Morgan fingerprint density at radius 3 is 2.39 bits per heavy atom. The Labute approximate surface area is 110 Å². The van der Waals surface area contributed by atoms with Gasteiger partial charge >= 0.3 is 0 Å². The standard InChI is InChI=1S/C14H24N2O2/c1-6-17-12-8-9-14(18-7-2)13(10-12)15-11(3)16(4)5/h8-11,15H,6-7H2,1-5H3. The van der Waals surface area contributed by atoms with Gasteiger partial charge < -0.3 is 14.8 Å². The average Bonchev–Trinajstić information content (AvgIpc) is 2.33. The van der Waals surface area contributed by atoms with Gasteiger partial charge in [-0.1, -0.05) is 0 Å². The Morgan fingerprint density at radius 1 is 1.17 bits per heavy atom. The van der Waals surface area contributed by atoms with Gasteiger partial charge in [-0.05, 0) is 47.0 Å². The highest BCUT2D eigenvalue weighted by Crippen LogP contribution is 2.30. The molecule has 0 bridgehead atoms. The minimum atomic E-state index is 0.223. The lowest BCUT2D eigenvalue weighted by Crippen LogP contribution is -2.32. The number of hydrogen-bond donors (Lipinski definition) is 1. The summed E-state index contributed by atoms with van der Waals surface area (Å²) in [6, 6.07) is 5.85. The molecule has 0 aliphatic carbocycles. The van der Waals surface area contributed by atoms with Gasteiger partial charge in [0.25, 0.3) is 0 Å². The molecule has 1 N–H and O–H groups in total. The van der Waals surface area contributed by atoms with Crippen LogP contribution in [0, 0.1) is 0 Å². The van der Waals surface area contributed by atoms with Gasteiger partial charge in [0.2, 0.25) is 0 Å². The van der Waals surface area contributed by atoms with E-state index in [1.807, 2.05) is 46.1 Å². The Balaban J connectivity index is 2.91. The molecule has 0 spiro atoms. The van der Waals surface area contributed by atoms with E-state index in [0.29, 0.717) is 13.2 Å². The van der Waals surface area contributed by atoms with E-state index in [2.05, 4.69) is 17.1 Å². The molecule has 18 heavy (non-hydrogen) atoms. The number of anilines is 1. The van der Waals surface area contributed by atoms with Crippen molar-refractivity contribution in [2.75, 3.05) is 32.6 Å².